The van der Waals surface area contributed by atoms with E-state index >= 15 is 0 Å². The molecule has 0 aliphatic heterocycles. The van der Waals surface area contributed by atoms with Crippen molar-refractivity contribution >= 4 is 27.7 Å². The molecule has 0 bridgehead atoms. The summed E-state index contributed by atoms with van der Waals surface area (Å²) in [6, 6.07) is 8.34. The summed E-state index contributed by atoms with van der Waals surface area (Å²) < 4.78 is 28.9. The molecule has 5 nitrogen and oxygen atoms in total. The van der Waals surface area contributed by atoms with Crippen molar-refractivity contribution in [2.24, 2.45) is 0 Å². The number of carbonyl (C=O) groups is 2. The first-order chi connectivity index (χ1) is 11.5. The highest BCUT2D eigenvalue weighted by atomic mass is 79.9. The Labute approximate surface area is 146 Å². The van der Waals surface area contributed by atoms with Crippen molar-refractivity contribution in [3.8, 4) is 11.5 Å². The van der Waals surface area contributed by atoms with Gasteiger partial charge in [-0.15, -0.1) is 0 Å². The number of esters is 1. The number of Topliss-reactive ketones (excluding diaryl/α,β-unsaturated/α-hetero) is 1. The van der Waals surface area contributed by atoms with E-state index < -0.39 is 24.2 Å². The number of ether oxygens (including phenoxy) is 3. The van der Waals surface area contributed by atoms with Crippen LogP contribution in [0, 0.1) is 5.82 Å². The van der Waals surface area contributed by atoms with Gasteiger partial charge in [0.25, 0.3) is 0 Å². The second kappa shape index (κ2) is 7.92. The molecule has 0 aliphatic carbocycles. The first-order valence-corrected chi connectivity index (χ1v) is 7.63. The van der Waals surface area contributed by atoms with Gasteiger partial charge in [0.1, 0.15) is 17.3 Å². The molecule has 7 heteroatoms. The fraction of sp³-hybridized carbons (Fsp3) is 0.176. The average molecular weight is 397 g/mol. The van der Waals surface area contributed by atoms with Crippen LogP contribution in [0.2, 0.25) is 0 Å². The Morgan fingerprint density at radius 3 is 2.46 bits per heavy atom. The first kappa shape index (κ1) is 17.9. The van der Waals surface area contributed by atoms with E-state index in [0.717, 1.165) is 6.07 Å². The molecule has 126 valence electrons. The minimum atomic E-state index is -0.704. The molecule has 0 saturated carbocycles. The number of ketones is 1. The van der Waals surface area contributed by atoms with Crippen molar-refractivity contribution in [1.29, 1.82) is 0 Å². The molecule has 0 atom stereocenters. The van der Waals surface area contributed by atoms with E-state index in [2.05, 4.69) is 15.9 Å². The Morgan fingerprint density at radius 1 is 1.04 bits per heavy atom. The lowest BCUT2D eigenvalue weighted by Gasteiger charge is -2.10. The van der Waals surface area contributed by atoms with Crippen LogP contribution in [0.4, 0.5) is 4.39 Å². The topological polar surface area (TPSA) is 61.8 Å². The molecule has 0 heterocycles. The van der Waals surface area contributed by atoms with Gasteiger partial charge in [-0.1, -0.05) is 0 Å². The summed E-state index contributed by atoms with van der Waals surface area (Å²) in [5.74, 6) is -1.17. The summed E-state index contributed by atoms with van der Waals surface area (Å²) in [5.41, 5.74) is 0.225. The van der Waals surface area contributed by atoms with E-state index in [1.807, 2.05) is 0 Å². The van der Waals surface area contributed by atoms with Crippen LogP contribution >= 0.6 is 15.9 Å². The highest BCUT2D eigenvalue weighted by Crippen LogP contribution is 2.24. The van der Waals surface area contributed by atoms with Gasteiger partial charge >= 0.3 is 5.97 Å². The smallest absolute Gasteiger partial charge is 0.339 e. The summed E-state index contributed by atoms with van der Waals surface area (Å²) in [7, 11) is 2.83. The fourth-order valence-corrected chi connectivity index (χ4v) is 2.38. The van der Waals surface area contributed by atoms with Crippen LogP contribution in [0.25, 0.3) is 0 Å². The van der Waals surface area contributed by atoms with Crippen LogP contribution in [-0.2, 0) is 4.74 Å². The molecule has 0 radical (unpaired) electrons. The lowest BCUT2D eigenvalue weighted by Crippen LogP contribution is -2.15. The molecule has 2 aromatic rings. The van der Waals surface area contributed by atoms with Crippen molar-refractivity contribution < 1.29 is 28.2 Å². The van der Waals surface area contributed by atoms with Gasteiger partial charge < -0.3 is 14.2 Å². The van der Waals surface area contributed by atoms with Gasteiger partial charge in [0.15, 0.2) is 6.61 Å². The SMILES string of the molecule is COc1ccc(Br)c(C(=O)OCC(=O)c2cc(F)ccc2OC)c1. The Kier molecular flexibility index (Phi) is 5.92. The first-order valence-electron chi connectivity index (χ1n) is 6.83. The molecule has 0 unspecified atom stereocenters. The average Bonchev–Trinajstić information content (AvgIpc) is 2.59. The van der Waals surface area contributed by atoms with Crippen molar-refractivity contribution in [1.82, 2.24) is 0 Å². The summed E-state index contributed by atoms with van der Waals surface area (Å²) in [6.07, 6.45) is 0. The predicted molar refractivity (Wildman–Crippen MR) is 88.3 cm³/mol. The highest BCUT2D eigenvalue weighted by molar-refractivity contribution is 9.10. The highest BCUT2D eigenvalue weighted by Gasteiger charge is 2.18. The second-order valence-electron chi connectivity index (χ2n) is 4.69. The minimum Gasteiger partial charge on any atom is -0.497 e. The minimum absolute atomic E-state index is 0.00927. The molecule has 2 rings (SSSR count). The lowest BCUT2D eigenvalue weighted by molar-refractivity contribution is 0.0472. The number of methoxy groups -OCH3 is 2. The largest absolute Gasteiger partial charge is 0.497 e. The second-order valence-corrected chi connectivity index (χ2v) is 5.54. The zero-order chi connectivity index (χ0) is 17.7. The molecule has 0 saturated heterocycles. The van der Waals surface area contributed by atoms with E-state index in [-0.39, 0.29) is 16.9 Å². The quantitative estimate of drug-likeness (QED) is 0.550. The Hall–Kier alpha value is -2.41. The lowest BCUT2D eigenvalue weighted by atomic mass is 10.1. The maximum Gasteiger partial charge on any atom is 0.339 e. The van der Waals surface area contributed by atoms with Gasteiger partial charge in [-0.25, -0.2) is 9.18 Å². The molecule has 0 aromatic heterocycles. The Balaban J connectivity index is 2.12. The van der Waals surface area contributed by atoms with Crippen LogP contribution in [0.15, 0.2) is 40.9 Å². The summed E-state index contributed by atoms with van der Waals surface area (Å²) >= 11 is 3.23. The third kappa shape index (κ3) is 4.11. The summed E-state index contributed by atoms with van der Waals surface area (Å²) in [4.78, 5) is 24.3. The van der Waals surface area contributed by atoms with Crippen molar-refractivity contribution in [3.05, 3.63) is 57.8 Å². The molecule has 0 N–H and O–H groups in total. The van der Waals surface area contributed by atoms with Crippen molar-refractivity contribution in [3.63, 3.8) is 0 Å². The van der Waals surface area contributed by atoms with E-state index in [4.69, 9.17) is 14.2 Å². The van der Waals surface area contributed by atoms with Crippen LogP contribution in [0.3, 0.4) is 0 Å². The van der Waals surface area contributed by atoms with E-state index in [1.165, 1.54) is 32.4 Å². The van der Waals surface area contributed by atoms with Crippen LogP contribution < -0.4 is 9.47 Å². The van der Waals surface area contributed by atoms with Crippen LogP contribution in [0.1, 0.15) is 20.7 Å². The normalized spacial score (nSPS) is 10.2. The number of benzene rings is 2. The maximum absolute atomic E-state index is 13.3. The number of halogens is 2. The third-order valence-corrected chi connectivity index (χ3v) is 3.88. The summed E-state index contributed by atoms with van der Waals surface area (Å²) in [6.45, 7) is -0.539. The monoisotopic (exact) mass is 396 g/mol. The standard InChI is InChI=1S/C17H14BrFO5/c1-22-11-4-5-14(18)12(8-11)17(21)24-9-15(20)13-7-10(19)3-6-16(13)23-2/h3-8H,9H2,1-2H3. The predicted octanol–water partition coefficient (Wildman–Crippen LogP) is 3.65. The fourth-order valence-electron chi connectivity index (χ4n) is 1.97. The maximum atomic E-state index is 13.3. The van der Waals surface area contributed by atoms with E-state index in [9.17, 15) is 14.0 Å². The van der Waals surface area contributed by atoms with Gasteiger partial charge in [-0.3, -0.25) is 4.79 Å². The van der Waals surface area contributed by atoms with Gasteiger partial charge in [0, 0.05) is 4.47 Å². The number of carbonyl (C=O) groups excluding carboxylic acids is 2. The van der Waals surface area contributed by atoms with Crippen LogP contribution in [0.5, 0.6) is 11.5 Å². The molecule has 0 aliphatic rings. The number of rotatable bonds is 6. The molecule has 0 spiro atoms. The third-order valence-electron chi connectivity index (χ3n) is 3.19. The van der Waals surface area contributed by atoms with E-state index in [0.29, 0.717) is 10.2 Å². The van der Waals surface area contributed by atoms with Gasteiger partial charge in [-0.2, -0.15) is 0 Å². The van der Waals surface area contributed by atoms with E-state index in [1.54, 1.807) is 12.1 Å². The van der Waals surface area contributed by atoms with Gasteiger partial charge in [0.2, 0.25) is 5.78 Å². The van der Waals surface area contributed by atoms with Crippen molar-refractivity contribution in [2.75, 3.05) is 20.8 Å². The molecule has 0 amide bonds. The molecule has 2 aromatic carbocycles. The molecular formula is C17H14BrFO5. The van der Waals surface area contributed by atoms with Crippen LogP contribution in [-0.4, -0.2) is 32.6 Å². The van der Waals surface area contributed by atoms with Gasteiger partial charge in [0.05, 0.1) is 25.3 Å². The summed E-state index contributed by atoms with van der Waals surface area (Å²) in [5, 5.41) is 0. The molecule has 0 fully saturated rings. The Bertz CT molecular complexity index is 776. The Morgan fingerprint density at radius 2 is 1.79 bits per heavy atom. The zero-order valence-corrected chi connectivity index (χ0v) is 14.6. The molecular weight excluding hydrogens is 383 g/mol. The van der Waals surface area contributed by atoms with Crippen molar-refractivity contribution in [2.45, 2.75) is 0 Å². The number of hydrogen-bond donors (Lipinski definition) is 0. The number of hydrogen-bond acceptors (Lipinski definition) is 5. The van der Waals surface area contributed by atoms with Gasteiger partial charge in [-0.05, 0) is 52.3 Å². The zero-order valence-electron chi connectivity index (χ0n) is 13.0. The molecule has 24 heavy (non-hydrogen) atoms.